The zero-order valence-corrected chi connectivity index (χ0v) is 12.0. The molecule has 0 unspecified atom stereocenters. The fourth-order valence-electron chi connectivity index (χ4n) is 1.72. The number of aromatic nitrogens is 3. The lowest BCUT2D eigenvalue weighted by Gasteiger charge is -2.11. The number of nitrogens with zero attached hydrogens (tertiary/aromatic N) is 3. The molecule has 116 valence electrons. The van der Waals surface area contributed by atoms with Gasteiger partial charge in [0, 0.05) is 0 Å². The van der Waals surface area contributed by atoms with Crippen LogP contribution in [-0.4, -0.2) is 38.6 Å². The smallest absolute Gasteiger partial charge is 0.358 e. The molecule has 1 heterocycles. The van der Waals surface area contributed by atoms with Gasteiger partial charge in [-0.15, -0.1) is 5.10 Å². The molecule has 0 saturated carbocycles. The topological polar surface area (TPSA) is 106 Å². The third-order valence-corrected chi connectivity index (χ3v) is 2.69. The van der Waals surface area contributed by atoms with Crippen molar-refractivity contribution in [2.75, 3.05) is 11.9 Å². The lowest BCUT2D eigenvalue weighted by Crippen LogP contribution is -2.19. The molecule has 0 bridgehead atoms. The van der Waals surface area contributed by atoms with Crippen molar-refractivity contribution in [2.24, 2.45) is 0 Å². The molecule has 2 N–H and O–H groups in total. The summed E-state index contributed by atoms with van der Waals surface area (Å²) >= 11 is 0. The summed E-state index contributed by atoms with van der Waals surface area (Å²) in [6.07, 6.45) is 2.06. The van der Waals surface area contributed by atoms with Gasteiger partial charge in [-0.25, -0.2) is 9.48 Å². The van der Waals surface area contributed by atoms with Crippen LogP contribution in [0.25, 0.3) is 0 Å². The SMILES string of the molecule is CCCOc1ccccc1NC(=O)Cn1cc(C(=O)O)nn1. The highest BCUT2D eigenvalue weighted by atomic mass is 16.5. The van der Waals surface area contributed by atoms with Crippen LogP contribution in [0.15, 0.2) is 30.5 Å². The Morgan fingerprint density at radius 1 is 1.36 bits per heavy atom. The van der Waals surface area contributed by atoms with E-state index in [-0.39, 0.29) is 18.1 Å². The molecule has 0 atom stereocenters. The fraction of sp³-hybridized carbons (Fsp3) is 0.286. The average molecular weight is 304 g/mol. The molecule has 0 aliphatic carbocycles. The van der Waals surface area contributed by atoms with Crippen LogP contribution in [0.2, 0.25) is 0 Å². The number of hydrogen-bond donors (Lipinski definition) is 2. The number of carbonyl (C=O) groups excluding carboxylic acids is 1. The first-order valence-electron chi connectivity index (χ1n) is 6.75. The van der Waals surface area contributed by atoms with Crippen molar-refractivity contribution in [3.8, 4) is 5.75 Å². The number of anilines is 1. The van der Waals surface area contributed by atoms with Gasteiger partial charge < -0.3 is 15.2 Å². The summed E-state index contributed by atoms with van der Waals surface area (Å²) in [5, 5.41) is 18.5. The lowest BCUT2D eigenvalue weighted by atomic mass is 10.3. The summed E-state index contributed by atoms with van der Waals surface area (Å²) in [5.41, 5.74) is 0.346. The van der Waals surface area contributed by atoms with E-state index in [1.807, 2.05) is 13.0 Å². The summed E-state index contributed by atoms with van der Waals surface area (Å²) in [7, 11) is 0. The number of rotatable bonds is 7. The van der Waals surface area contributed by atoms with Crippen molar-refractivity contribution >= 4 is 17.6 Å². The van der Waals surface area contributed by atoms with E-state index in [0.29, 0.717) is 18.0 Å². The molecule has 0 radical (unpaired) electrons. The molecule has 0 aliphatic heterocycles. The van der Waals surface area contributed by atoms with Gasteiger partial charge in [0.25, 0.3) is 0 Å². The number of benzene rings is 1. The minimum Gasteiger partial charge on any atom is -0.491 e. The van der Waals surface area contributed by atoms with Crippen molar-refractivity contribution < 1.29 is 19.4 Å². The van der Waals surface area contributed by atoms with Gasteiger partial charge in [0.1, 0.15) is 12.3 Å². The Bertz CT molecular complexity index is 668. The normalized spacial score (nSPS) is 10.2. The highest BCUT2D eigenvalue weighted by Gasteiger charge is 2.12. The molecule has 1 amide bonds. The van der Waals surface area contributed by atoms with Gasteiger partial charge >= 0.3 is 5.97 Å². The van der Waals surface area contributed by atoms with Crippen LogP contribution in [0.5, 0.6) is 5.75 Å². The van der Waals surface area contributed by atoms with Crippen molar-refractivity contribution in [3.63, 3.8) is 0 Å². The third kappa shape index (κ3) is 4.05. The zero-order valence-electron chi connectivity index (χ0n) is 12.0. The maximum Gasteiger partial charge on any atom is 0.358 e. The Labute approximate surface area is 126 Å². The van der Waals surface area contributed by atoms with E-state index in [0.717, 1.165) is 11.1 Å². The number of carbonyl (C=O) groups is 2. The number of aromatic carboxylic acids is 1. The van der Waals surface area contributed by atoms with Gasteiger partial charge in [0.2, 0.25) is 5.91 Å². The number of hydrogen-bond acceptors (Lipinski definition) is 5. The van der Waals surface area contributed by atoms with E-state index < -0.39 is 5.97 Å². The molecule has 1 aromatic carbocycles. The van der Waals surface area contributed by atoms with Gasteiger partial charge in [0.05, 0.1) is 18.5 Å². The predicted molar refractivity (Wildman–Crippen MR) is 77.8 cm³/mol. The van der Waals surface area contributed by atoms with E-state index in [9.17, 15) is 9.59 Å². The highest BCUT2D eigenvalue weighted by Crippen LogP contribution is 2.23. The van der Waals surface area contributed by atoms with Crippen LogP contribution in [0.4, 0.5) is 5.69 Å². The van der Waals surface area contributed by atoms with Crippen LogP contribution in [-0.2, 0) is 11.3 Å². The van der Waals surface area contributed by atoms with Crippen LogP contribution < -0.4 is 10.1 Å². The van der Waals surface area contributed by atoms with E-state index in [1.165, 1.54) is 6.20 Å². The van der Waals surface area contributed by atoms with Crippen molar-refractivity contribution in [2.45, 2.75) is 19.9 Å². The van der Waals surface area contributed by atoms with Gasteiger partial charge in [-0.1, -0.05) is 24.3 Å². The van der Waals surface area contributed by atoms with Crippen molar-refractivity contribution in [3.05, 3.63) is 36.2 Å². The Kier molecular flexibility index (Phi) is 5.07. The highest BCUT2D eigenvalue weighted by molar-refractivity contribution is 5.92. The molecule has 2 rings (SSSR count). The van der Waals surface area contributed by atoms with Gasteiger partial charge in [-0.05, 0) is 18.6 Å². The third-order valence-electron chi connectivity index (χ3n) is 2.69. The first kappa shape index (κ1) is 15.5. The molecule has 8 heteroatoms. The molecule has 0 saturated heterocycles. The van der Waals surface area contributed by atoms with Gasteiger partial charge in [-0.2, -0.15) is 0 Å². The summed E-state index contributed by atoms with van der Waals surface area (Å²) in [6, 6.07) is 7.10. The summed E-state index contributed by atoms with van der Waals surface area (Å²) in [5.74, 6) is -0.957. The van der Waals surface area contributed by atoms with Gasteiger partial charge in [0.15, 0.2) is 5.69 Å². The Balaban J connectivity index is 2.00. The zero-order chi connectivity index (χ0) is 15.9. The quantitative estimate of drug-likeness (QED) is 0.801. The molecular formula is C14H16N4O4. The number of ether oxygens (including phenoxy) is 1. The maximum atomic E-state index is 12.0. The molecule has 0 fully saturated rings. The fourth-order valence-corrected chi connectivity index (χ4v) is 1.72. The molecule has 2 aromatic rings. The molecule has 0 aliphatic rings. The standard InChI is InChI=1S/C14H16N4O4/c1-2-7-22-12-6-4-3-5-10(12)15-13(19)9-18-8-11(14(20)21)16-17-18/h3-6,8H,2,7,9H2,1H3,(H,15,19)(H,20,21). The van der Waals surface area contributed by atoms with E-state index >= 15 is 0 Å². The maximum absolute atomic E-state index is 12.0. The van der Waals surface area contributed by atoms with Crippen LogP contribution in [0.3, 0.4) is 0 Å². The van der Waals surface area contributed by atoms with E-state index in [2.05, 4.69) is 15.6 Å². The van der Waals surface area contributed by atoms with Crippen LogP contribution in [0, 0.1) is 0 Å². The minimum atomic E-state index is -1.19. The second-order valence-electron chi connectivity index (χ2n) is 4.50. The van der Waals surface area contributed by atoms with E-state index in [4.69, 9.17) is 9.84 Å². The number of carboxylic acid groups (broad SMARTS) is 1. The first-order chi connectivity index (χ1) is 10.6. The number of carboxylic acids is 1. The summed E-state index contributed by atoms with van der Waals surface area (Å²) < 4.78 is 6.71. The summed E-state index contributed by atoms with van der Waals surface area (Å²) in [4.78, 5) is 22.7. The molecular weight excluding hydrogens is 288 g/mol. The average Bonchev–Trinajstić information content (AvgIpc) is 2.95. The Morgan fingerprint density at radius 3 is 2.82 bits per heavy atom. The second kappa shape index (κ2) is 7.21. The minimum absolute atomic E-state index is 0.137. The molecule has 8 nitrogen and oxygen atoms in total. The monoisotopic (exact) mass is 304 g/mol. The van der Waals surface area contributed by atoms with Crippen LogP contribution in [0.1, 0.15) is 23.8 Å². The number of nitrogens with one attached hydrogen (secondary N) is 1. The van der Waals surface area contributed by atoms with Crippen LogP contribution >= 0.6 is 0 Å². The molecule has 1 aromatic heterocycles. The predicted octanol–water partition coefficient (Wildman–Crippen LogP) is 1.40. The molecule has 22 heavy (non-hydrogen) atoms. The number of para-hydroxylation sites is 2. The Hall–Kier alpha value is -2.90. The summed E-state index contributed by atoms with van der Waals surface area (Å²) in [6.45, 7) is 2.41. The second-order valence-corrected chi connectivity index (χ2v) is 4.50. The Morgan fingerprint density at radius 2 is 2.14 bits per heavy atom. The molecule has 0 spiro atoms. The van der Waals surface area contributed by atoms with Crippen molar-refractivity contribution in [1.82, 2.24) is 15.0 Å². The van der Waals surface area contributed by atoms with Gasteiger partial charge in [-0.3, -0.25) is 4.79 Å². The lowest BCUT2D eigenvalue weighted by molar-refractivity contribution is -0.116. The number of amides is 1. The van der Waals surface area contributed by atoms with E-state index in [1.54, 1.807) is 18.2 Å². The van der Waals surface area contributed by atoms with Crippen molar-refractivity contribution in [1.29, 1.82) is 0 Å². The first-order valence-corrected chi connectivity index (χ1v) is 6.75. The largest absolute Gasteiger partial charge is 0.491 e.